The molecule has 0 bridgehead atoms. The van der Waals surface area contributed by atoms with E-state index in [1.54, 1.807) is 6.07 Å². The average molecular weight is 417 g/mol. The van der Waals surface area contributed by atoms with Gasteiger partial charge in [0, 0.05) is 5.56 Å². The monoisotopic (exact) mass is 417 g/mol. The number of rotatable bonds is 4. The zero-order valence-electron chi connectivity index (χ0n) is 16.7. The Balaban J connectivity index is 1.44. The highest BCUT2D eigenvalue weighted by atomic mass is 19.1. The average Bonchev–Trinajstić information content (AvgIpc) is 3.17. The van der Waals surface area contributed by atoms with Crippen LogP contribution in [0.2, 0.25) is 0 Å². The Morgan fingerprint density at radius 1 is 1.03 bits per heavy atom. The van der Waals surface area contributed by atoms with Crippen LogP contribution in [0.4, 0.5) is 4.39 Å². The summed E-state index contributed by atoms with van der Waals surface area (Å²) in [7, 11) is -1.14. The van der Waals surface area contributed by atoms with E-state index in [0.29, 0.717) is 16.6 Å². The third-order valence-electron chi connectivity index (χ3n) is 5.88. The van der Waals surface area contributed by atoms with E-state index >= 15 is 0 Å². The van der Waals surface area contributed by atoms with Gasteiger partial charge in [0.2, 0.25) is 0 Å². The number of cyclic esters (lactones) is 1. The molecule has 3 atom stereocenters. The maximum Gasteiger partial charge on any atom is 0.491 e. The summed E-state index contributed by atoms with van der Waals surface area (Å²) in [5, 5.41) is 13.4. The lowest BCUT2D eigenvalue weighted by Gasteiger charge is -2.37. The number of benzene rings is 3. The first kappa shape index (κ1) is 19.9. The second kappa shape index (κ2) is 8.27. The first-order valence-corrected chi connectivity index (χ1v) is 10.3. The molecule has 31 heavy (non-hydrogen) atoms. The third kappa shape index (κ3) is 3.88. The number of nitrogens with one attached hydrogen (secondary N) is 1. The molecule has 0 spiro atoms. The second-order valence-corrected chi connectivity index (χ2v) is 7.89. The molecule has 2 heterocycles. The Labute approximate surface area is 180 Å². The zero-order chi connectivity index (χ0) is 21.4. The standard InChI is InChI=1S/C24H21BFNO4/c26-20-12-15(11-19-18(20)14-30-25(19)29)13-21-24(28)31-23(17-9-5-2-6-10-17)22(27-21)16-7-3-1-4-8-16/h1-12,21-23,27,29H,13-14H2/t21-,22-,23+/m0/s1. The van der Waals surface area contributed by atoms with Crippen molar-refractivity contribution in [3.8, 4) is 0 Å². The summed E-state index contributed by atoms with van der Waals surface area (Å²) in [6, 6.07) is 21.6. The van der Waals surface area contributed by atoms with Gasteiger partial charge in [0.25, 0.3) is 0 Å². The van der Waals surface area contributed by atoms with Crippen molar-refractivity contribution in [1.82, 2.24) is 5.32 Å². The van der Waals surface area contributed by atoms with Gasteiger partial charge in [-0.25, -0.2) is 4.39 Å². The van der Waals surface area contributed by atoms with Crippen LogP contribution in [0.3, 0.4) is 0 Å². The van der Waals surface area contributed by atoms with Crippen molar-refractivity contribution in [1.29, 1.82) is 0 Å². The summed E-state index contributed by atoms with van der Waals surface area (Å²) in [6.45, 7) is 0.0428. The molecule has 7 heteroatoms. The van der Waals surface area contributed by atoms with Crippen molar-refractivity contribution in [3.63, 3.8) is 0 Å². The third-order valence-corrected chi connectivity index (χ3v) is 5.88. The molecule has 0 aromatic heterocycles. The van der Waals surface area contributed by atoms with Gasteiger partial charge in [-0.3, -0.25) is 10.1 Å². The lowest BCUT2D eigenvalue weighted by molar-refractivity contribution is -0.160. The van der Waals surface area contributed by atoms with Crippen LogP contribution in [0.1, 0.15) is 34.4 Å². The number of hydrogen-bond acceptors (Lipinski definition) is 5. The van der Waals surface area contributed by atoms with E-state index in [-0.39, 0.29) is 19.1 Å². The maximum absolute atomic E-state index is 14.5. The lowest BCUT2D eigenvalue weighted by atomic mass is 9.78. The number of halogens is 1. The summed E-state index contributed by atoms with van der Waals surface area (Å²) in [6.07, 6.45) is -0.236. The fourth-order valence-electron chi connectivity index (χ4n) is 4.32. The predicted molar refractivity (Wildman–Crippen MR) is 114 cm³/mol. The topological polar surface area (TPSA) is 67.8 Å². The minimum Gasteiger partial charge on any atom is -0.454 e. The molecule has 2 N–H and O–H groups in total. The van der Waals surface area contributed by atoms with Crippen LogP contribution in [0.25, 0.3) is 0 Å². The van der Waals surface area contributed by atoms with Crippen molar-refractivity contribution in [2.75, 3.05) is 0 Å². The minimum absolute atomic E-state index is 0.0428. The number of morpholine rings is 1. The summed E-state index contributed by atoms with van der Waals surface area (Å²) in [5.41, 5.74) is 3.28. The molecular formula is C24H21BFNO4. The van der Waals surface area contributed by atoms with Gasteiger partial charge < -0.3 is 14.4 Å². The zero-order valence-corrected chi connectivity index (χ0v) is 16.7. The smallest absolute Gasteiger partial charge is 0.454 e. The molecule has 5 rings (SSSR count). The van der Waals surface area contributed by atoms with E-state index < -0.39 is 31.1 Å². The summed E-state index contributed by atoms with van der Waals surface area (Å²) in [5.74, 6) is -0.825. The molecule has 0 amide bonds. The Hall–Kier alpha value is -3.00. The van der Waals surface area contributed by atoms with E-state index in [0.717, 1.165) is 11.1 Å². The van der Waals surface area contributed by atoms with Crippen LogP contribution in [-0.2, 0) is 27.2 Å². The van der Waals surface area contributed by atoms with Crippen molar-refractivity contribution >= 4 is 18.6 Å². The van der Waals surface area contributed by atoms with Crippen LogP contribution in [0.15, 0.2) is 72.8 Å². The first-order valence-electron chi connectivity index (χ1n) is 10.3. The second-order valence-electron chi connectivity index (χ2n) is 7.89. The Kier molecular flexibility index (Phi) is 5.32. The molecule has 5 nitrogen and oxygen atoms in total. The number of carbonyl (C=O) groups is 1. The minimum atomic E-state index is -1.14. The largest absolute Gasteiger partial charge is 0.491 e. The van der Waals surface area contributed by atoms with Gasteiger partial charge in [-0.15, -0.1) is 0 Å². The summed E-state index contributed by atoms with van der Waals surface area (Å²) < 4.78 is 25.5. The number of fused-ring (bicyclic) bond motifs is 1. The van der Waals surface area contributed by atoms with Crippen LogP contribution in [0, 0.1) is 5.82 Å². The van der Waals surface area contributed by atoms with E-state index in [4.69, 9.17) is 9.39 Å². The highest BCUT2D eigenvalue weighted by Gasteiger charge is 2.39. The van der Waals surface area contributed by atoms with Gasteiger partial charge >= 0.3 is 13.1 Å². The molecule has 0 radical (unpaired) electrons. The summed E-state index contributed by atoms with van der Waals surface area (Å²) >= 11 is 0. The van der Waals surface area contributed by atoms with Crippen LogP contribution >= 0.6 is 0 Å². The highest BCUT2D eigenvalue weighted by Crippen LogP contribution is 2.36. The molecule has 1 fully saturated rings. The van der Waals surface area contributed by atoms with E-state index in [9.17, 15) is 14.2 Å². The van der Waals surface area contributed by atoms with Crippen molar-refractivity contribution in [2.24, 2.45) is 0 Å². The van der Waals surface area contributed by atoms with Gasteiger partial charge in [0.05, 0.1) is 12.6 Å². The summed E-state index contributed by atoms with van der Waals surface area (Å²) in [4.78, 5) is 12.9. The molecule has 3 aromatic rings. The molecule has 3 aromatic carbocycles. The van der Waals surface area contributed by atoms with Crippen molar-refractivity contribution < 1.29 is 23.6 Å². The molecular weight excluding hydrogens is 396 g/mol. The molecule has 2 aliphatic heterocycles. The van der Waals surface area contributed by atoms with E-state index in [2.05, 4.69) is 5.32 Å². The van der Waals surface area contributed by atoms with Crippen LogP contribution < -0.4 is 10.8 Å². The molecule has 1 saturated heterocycles. The first-order chi connectivity index (χ1) is 15.1. The van der Waals surface area contributed by atoms with E-state index in [1.807, 2.05) is 60.7 Å². The van der Waals surface area contributed by atoms with Crippen molar-refractivity contribution in [2.45, 2.75) is 31.2 Å². The van der Waals surface area contributed by atoms with E-state index in [1.165, 1.54) is 6.07 Å². The van der Waals surface area contributed by atoms with Gasteiger partial charge in [-0.05, 0) is 34.6 Å². The Morgan fingerprint density at radius 3 is 2.42 bits per heavy atom. The Morgan fingerprint density at radius 2 is 1.71 bits per heavy atom. The Bertz CT molecular complexity index is 1100. The maximum atomic E-state index is 14.5. The SMILES string of the molecule is O=C1O[C@H](c2ccccc2)[C@H](c2ccccc2)N[C@H]1Cc1cc(F)c2c(c1)B(O)OC2. The molecule has 0 aliphatic carbocycles. The van der Waals surface area contributed by atoms with Gasteiger partial charge in [0.15, 0.2) is 0 Å². The quantitative estimate of drug-likeness (QED) is 0.505. The van der Waals surface area contributed by atoms with Gasteiger partial charge in [-0.1, -0.05) is 66.7 Å². The molecule has 156 valence electrons. The molecule has 0 unspecified atom stereocenters. The normalized spacial score (nSPS) is 22.8. The van der Waals surface area contributed by atoms with Crippen molar-refractivity contribution in [3.05, 3.63) is 101 Å². The number of esters is 1. The highest BCUT2D eigenvalue weighted by molar-refractivity contribution is 6.61. The molecule has 0 saturated carbocycles. The lowest BCUT2D eigenvalue weighted by Crippen LogP contribution is -2.50. The molecule has 2 aliphatic rings. The predicted octanol–water partition coefficient (Wildman–Crippen LogP) is 2.58. The number of hydrogen-bond donors (Lipinski definition) is 2. The van der Waals surface area contributed by atoms with Gasteiger partial charge in [-0.2, -0.15) is 0 Å². The fourth-order valence-corrected chi connectivity index (χ4v) is 4.32. The van der Waals surface area contributed by atoms with Crippen LogP contribution in [0.5, 0.6) is 0 Å². The fraction of sp³-hybridized carbons (Fsp3) is 0.208. The number of ether oxygens (including phenoxy) is 1. The van der Waals surface area contributed by atoms with Gasteiger partial charge in [0.1, 0.15) is 18.0 Å². The number of carbonyl (C=O) groups excluding carboxylic acids is 1. The van der Waals surface area contributed by atoms with Crippen LogP contribution in [-0.4, -0.2) is 24.2 Å².